The van der Waals surface area contributed by atoms with E-state index in [0.29, 0.717) is 0 Å². The third kappa shape index (κ3) is 4.84. The van der Waals surface area contributed by atoms with Gasteiger partial charge >= 0.3 is 0 Å². The lowest BCUT2D eigenvalue weighted by Crippen LogP contribution is -2.16. The monoisotopic (exact) mass is 207 g/mol. The van der Waals surface area contributed by atoms with Gasteiger partial charge in [0.25, 0.3) is 0 Å². The number of hydrogen-bond acceptors (Lipinski definition) is 2. The summed E-state index contributed by atoms with van der Waals surface area (Å²) in [5, 5.41) is 3.43. The van der Waals surface area contributed by atoms with Crippen molar-refractivity contribution < 1.29 is 4.74 Å². The molecular formula is C13H21NO. The summed E-state index contributed by atoms with van der Waals surface area (Å²) < 4.78 is 5.17. The highest BCUT2D eigenvalue weighted by atomic mass is 16.5. The average molecular weight is 207 g/mol. The second-order valence-electron chi connectivity index (χ2n) is 4.21. The maximum absolute atomic E-state index is 5.17. The average Bonchev–Trinajstić information content (AvgIpc) is 2.24. The topological polar surface area (TPSA) is 21.3 Å². The Bertz CT molecular complexity index is 284. The van der Waals surface area contributed by atoms with Crippen LogP contribution in [0.2, 0.25) is 0 Å². The maximum Gasteiger partial charge on any atom is 0.119 e. The molecule has 1 aromatic carbocycles. The number of hydrogen-bond donors (Lipinski definition) is 1. The second-order valence-corrected chi connectivity index (χ2v) is 4.21. The zero-order valence-corrected chi connectivity index (χ0v) is 9.92. The fourth-order valence-corrected chi connectivity index (χ4v) is 1.41. The van der Waals surface area contributed by atoms with Gasteiger partial charge in [0, 0.05) is 6.54 Å². The Hall–Kier alpha value is -1.02. The standard InChI is InChI=1S/C13H21NO/c1-11(2)7-8-14-10-12-5-4-6-13(9-12)15-3/h4-6,9,11,14H,7-8,10H2,1-3H3. The molecule has 0 atom stereocenters. The molecule has 0 unspecified atom stereocenters. The highest BCUT2D eigenvalue weighted by Crippen LogP contribution is 2.12. The van der Waals surface area contributed by atoms with E-state index in [0.717, 1.165) is 24.8 Å². The summed E-state index contributed by atoms with van der Waals surface area (Å²) >= 11 is 0. The summed E-state index contributed by atoms with van der Waals surface area (Å²) in [4.78, 5) is 0. The summed E-state index contributed by atoms with van der Waals surface area (Å²) in [5.74, 6) is 1.70. The molecule has 1 aromatic rings. The van der Waals surface area contributed by atoms with E-state index in [-0.39, 0.29) is 0 Å². The molecule has 2 heteroatoms. The van der Waals surface area contributed by atoms with E-state index >= 15 is 0 Å². The van der Waals surface area contributed by atoms with Crippen molar-refractivity contribution in [1.82, 2.24) is 5.32 Å². The molecule has 0 aliphatic heterocycles. The zero-order chi connectivity index (χ0) is 11.1. The smallest absolute Gasteiger partial charge is 0.119 e. The van der Waals surface area contributed by atoms with Gasteiger partial charge in [0.05, 0.1) is 7.11 Å². The molecule has 0 saturated heterocycles. The fraction of sp³-hybridized carbons (Fsp3) is 0.538. The van der Waals surface area contributed by atoms with Gasteiger partial charge in [0.15, 0.2) is 0 Å². The number of rotatable bonds is 6. The minimum atomic E-state index is 0.766. The van der Waals surface area contributed by atoms with Crippen LogP contribution in [0, 0.1) is 5.92 Å². The van der Waals surface area contributed by atoms with E-state index in [1.54, 1.807) is 7.11 Å². The molecule has 0 aliphatic carbocycles. The van der Waals surface area contributed by atoms with Crippen molar-refractivity contribution in [2.45, 2.75) is 26.8 Å². The number of benzene rings is 1. The van der Waals surface area contributed by atoms with Crippen LogP contribution in [-0.4, -0.2) is 13.7 Å². The van der Waals surface area contributed by atoms with Crippen LogP contribution in [-0.2, 0) is 6.54 Å². The zero-order valence-electron chi connectivity index (χ0n) is 9.92. The van der Waals surface area contributed by atoms with Crippen LogP contribution in [0.3, 0.4) is 0 Å². The molecule has 0 fully saturated rings. The van der Waals surface area contributed by atoms with Gasteiger partial charge in [-0.25, -0.2) is 0 Å². The Morgan fingerprint density at radius 3 is 2.80 bits per heavy atom. The van der Waals surface area contributed by atoms with E-state index in [1.165, 1.54) is 12.0 Å². The Kier molecular flexibility index (Phi) is 5.19. The van der Waals surface area contributed by atoms with Gasteiger partial charge < -0.3 is 10.1 Å². The normalized spacial score (nSPS) is 10.7. The van der Waals surface area contributed by atoms with Crippen LogP contribution in [0.4, 0.5) is 0 Å². The highest BCUT2D eigenvalue weighted by molar-refractivity contribution is 5.28. The summed E-state index contributed by atoms with van der Waals surface area (Å²) in [6, 6.07) is 8.18. The Morgan fingerprint density at radius 2 is 2.13 bits per heavy atom. The lowest BCUT2D eigenvalue weighted by molar-refractivity contribution is 0.414. The quantitative estimate of drug-likeness (QED) is 0.724. The van der Waals surface area contributed by atoms with Crippen LogP contribution >= 0.6 is 0 Å². The molecular weight excluding hydrogens is 186 g/mol. The molecule has 2 nitrogen and oxygen atoms in total. The molecule has 15 heavy (non-hydrogen) atoms. The van der Waals surface area contributed by atoms with Crippen molar-refractivity contribution in [3.05, 3.63) is 29.8 Å². The van der Waals surface area contributed by atoms with E-state index in [2.05, 4.69) is 31.3 Å². The lowest BCUT2D eigenvalue weighted by atomic mass is 10.1. The van der Waals surface area contributed by atoms with E-state index in [1.807, 2.05) is 12.1 Å². The molecule has 0 saturated carbocycles. The largest absolute Gasteiger partial charge is 0.497 e. The molecule has 0 aliphatic rings. The Morgan fingerprint density at radius 1 is 1.33 bits per heavy atom. The van der Waals surface area contributed by atoms with Gasteiger partial charge in [0.2, 0.25) is 0 Å². The molecule has 1 rings (SSSR count). The van der Waals surface area contributed by atoms with Crippen LogP contribution in [0.5, 0.6) is 5.75 Å². The van der Waals surface area contributed by atoms with Crippen LogP contribution in [0.25, 0.3) is 0 Å². The van der Waals surface area contributed by atoms with E-state index < -0.39 is 0 Å². The van der Waals surface area contributed by atoms with Crippen molar-refractivity contribution in [1.29, 1.82) is 0 Å². The van der Waals surface area contributed by atoms with E-state index in [9.17, 15) is 0 Å². The van der Waals surface area contributed by atoms with Gasteiger partial charge in [-0.05, 0) is 36.6 Å². The third-order valence-corrected chi connectivity index (χ3v) is 2.36. The first kappa shape index (κ1) is 12.1. The molecule has 0 aromatic heterocycles. The molecule has 0 heterocycles. The number of methoxy groups -OCH3 is 1. The highest BCUT2D eigenvalue weighted by Gasteiger charge is 1.96. The molecule has 0 bridgehead atoms. The van der Waals surface area contributed by atoms with Crippen molar-refractivity contribution >= 4 is 0 Å². The first-order valence-corrected chi connectivity index (χ1v) is 5.56. The van der Waals surface area contributed by atoms with Crippen LogP contribution < -0.4 is 10.1 Å². The summed E-state index contributed by atoms with van der Waals surface area (Å²) in [7, 11) is 1.70. The summed E-state index contributed by atoms with van der Waals surface area (Å²) in [5.41, 5.74) is 1.28. The first-order chi connectivity index (χ1) is 7.22. The van der Waals surface area contributed by atoms with Crippen molar-refractivity contribution in [3.8, 4) is 5.75 Å². The van der Waals surface area contributed by atoms with Crippen molar-refractivity contribution in [2.75, 3.05) is 13.7 Å². The summed E-state index contributed by atoms with van der Waals surface area (Å²) in [6.45, 7) is 6.49. The van der Waals surface area contributed by atoms with Gasteiger partial charge in [0.1, 0.15) is 5.75 Å². The van der Waals surface area contributed by atoms with Gasteiger partial charge in [-0.1, -0.05) is 26.0 Å². The van der Waals surface area contributed by atoms with Crippen molar-refractivity contribution in [3.63, 3.8) is 0 Å². The van der Waals surface area contributed by atoms with Gasteiger partial charge in [-0.15, -0.1) is 0 Å². The second kappa shape index (κ2) is 6.46. The fourth-order valence-electron chi connectivity index (χ4n) is 1.41. The van der Waals surface area contributed by atoms with Crippen LogP contribution in [0.1, 0.15) is 25.8 Å². The Labute approximate surface area is 92.6 Å². The number of nitrogens with one attached hydrogen (secondary N) is 1. The lowest BCUT2D eigenvalue weighted by Gasteiger charge is -2.08. The van der Waals surface area contributed by atoms with Crippen LogP contribution in [0.15, 0.2) is 24.3 Å². The SMILES string of the molecule is COc1cccc(CNCCC(C)C)c1. The number of ether oxygens (including phenoxy) is 1. The molecule has 0 spiro atoms. The minimum Gasteiger partial charge on any atom is -0.497 e. The molecule has 0 radical (unpaired) electrons. The van der Waals surface area contributed by atoms with Crippen molar-refractivity contribution in [2.24, 2.45) is 5.92 Å². The predicted octanol–water partition coefficient (Wildman–Crippen LogP) is 2.83. The molecule has 84 valence electrons. The Balaban J connectivity index is 2.30. The minimum absolute atomic E-state index is 0.766. The molecule has 1 N–H and O–H groups in total. The van der Waals surface area contributed by atoms with Gasteiger partial charge in [-0.3, -0.25) is 0 Å². The van der Waals surface area contributed by atoms with E-state index in [4.69, 9.17) is 4.74 Å². The van der Waals surface area contributed by atoms with Gasteiger partial charge in [-0.2, -0.15) is 0 Å². The maximum atomic E-state index is 5.17. The predicted molar refractivity (Wildman–Crippen MR) is 64.2 cm³/mol. The summed E-state index contributed by atoms with van der Waals surface area (Å²) in [6.07, 6.45) is 1.23. The molecule has 0 amide bonds. The third-order valence-electron chi connectivity index (χ3n) is 2.36. The first-order valence-electron chi connectivity index (χ1n) is 5.56.